The van der Waals surface area contributed by atoms with Crippen LogP contribution in [0.4, 0.5) is 4.79 Å². The summed E-state index contributed by atoms with van der Waals surface area (Å²) in [5.41, 5.74) is 2.07. The fourth-order valence-corrected chi connectivity index (χ4v) is 3.22. The summed E-state index contributed by atoms with van der Waals surface area (Å²) < 4.78 is 5.51. The van der Waals surface area contributed by atoms with Gasteiger partial charge < -0.3 is 14.7 Å². The number of ether oxygens (including phenoxy) is 1. The molecule has 2 unspecified atom stereocenters. The molecule has 0 spiro atoms. The first kappa shape index (κ1) is 16.5. The average Bonchev–Trinajstić information content (AvgIpc) is 2.67. The van der Waals surface area contributed by atoms with Crippen molar-refractivity contribution in [2.45, 2.75) is 25.5 Å². The van der Waals surface area contributed by atoms with E-state index in [0.29, 0.717) is 6.54 Å². The highest BCUT2D eigenvalue weighted by Crippen LogP contribution is 2.34. The van der Waals surface area contributed by atoms with Gasteiger partial charge in [-0.05, 0) is 29.9 Å². The highest BCUT2D eigenvalue weighted by atomic mass is 16.6. The number of carbonyl (C=O) groups is 1. The molecule has 4 nitrogen and oxygen atoms in total. The van der Waals surface area contributed by atoms with Crippen LogP contribution in [-0.2, 0) is 11.3 Å². The number of aliphatic hydroxyl groups is 1. The van der Waals surface area contributed by atoms with Crippen molar-refractivity contribution in [3.05, 3.63) is 71.8 Å². The van der Waals surface area contributed by atoms with Crippen molar-refractivity contribution in [3.8, 4) is 0 Å². The summed E-state index contributed by atoms with van der Waals surface area (Å²) in [6.45, 7) is 1.05. The highest BCUT2D eigenvalue weighted by molar-refractivity contribution is 5.68. The Bertz CT molecular complexity index is 644. The standard InChI is InChI=1S/C20H23NO3/c22-14-17-11-12-21(19(13-17)18-9-5-2-6-10-18)20(23)24-15-16-7-3-1-4-8-16/h1-10,17,19,22H,11-15H2. The second-order valence-corrected chi connectivity index (χ2v) is 6.23. The summed E-state index contributed by atoms with van der Waals surface area (Å²) in [4.78, 5) is 14.4. The van der Waals surface area contributed by atoms with Gasteiger partial charge in [-0.1, -0.05) is 60.7 Å². The molecule has 0 aromatic heterocycles. The van der Waals surface area contributed by atoms with Crippen molar-refractivity contribution in [3.63, 3.8) is 0 Å². The monoisotopic (exact) mass is 325 g/mol. The molecule has 0 aliphatic carbocycles. The van der Waals surface area contributed by atoms with Crippen molar-refractivity contribution in [1.29, 1.82) is 0 Å². The number of rotatable bonds is 4. The van der Waals surface area contributed by atoms with Crippen LogP contribution < -0.4 is 0 Å². The average molecular weight is 325 g/mol. The van der Waals surface area contributed by atoms with E-state index in [4.69, 9.17) is 4.74 Å². The van der Waals surface area contributed by atoms with Crippen LogP contribution in [0.1, 0.15) is 30.0 Å². The first-order valence-electron chi connectivity index (χ1n) is 8.41. The van der Waals surface area contributed by atoms with Crippen LogP contribution in [0.3, 0.4) is 0 Å². The van der Waals surface area contributed by atoms with E-state index >= 15 is 0 Å². The SMILES string of the molecule is O=C(OCc1ccccc1)N1CCC(CO)CC1c1ccccc1. The zero-order valence-corrected chi connectivity index (χ0v) is 13.7. The minimum atomic E-state index is -0.288. The maximum absolute atomic E-state index is 12.6. The van der Waals surface area contributed by atoms with Gasteiger partial charge in [-0.2, -0.15) is 0 Å². The predicted molar refractivity (Wildman–Crippen MR) is 92.3 cm³/mol. The molecule has 1 aliphatic rings. The quantitative estimate of drug-likeness (QED) is 0.931. The first-order valence-corrected chi connectivity index (χ1v) is 8.41. The fourth-order valence-electron chi connectivity index (χ4n) is 3.22. The summed E-state index contributed by atoms with van der Waals surface area (Å²) in [6, 6.07) is 19.6. The molecule has 4 heteroatoms. The van der Waals surface area contributed by atoms with Gasteiger partial charge in [-0.3, -0.25) is 0 Å². The Morgan fingerprint density at radius 1 is 1.08 bits per heavy atom. The van der Waals surface area contributed by atoms with Crippen LogP contribution in [0.15, 0.2) is 60.7 Å². The van der Waals surface area contributed by atoms with Crippen LogP contribution >= 0.6 is 0 Å². The Balaban J connectivity index is 1.70. The number of nitrogens with zero attached hydrogens (tertiary/aromatic N) is 1. The Kier molecular flexibility index (Phi) is 5.49. The van der Waals surface area contributed by atoms with Gasteiger partial charge in [0, 0.05) is 13.2 Å². The molecule has 126 valence electrons. The molecule has 3 rings (SSSR count). The molecule has 1 heterocycles. The Labute approximate surface area is 142 Å². The molecular weight excluding hydrogens is 302 g/mol. The number of benzene rings is 2. The van der Waals surface area contributed by atoms with Crippen LogP contribution in [0.25, 0.3) is 0 Å². The number of hydrogen-bond donors (Lipinski definition) is 1. The van der Waals surface area contributed by atoms with Crippen molar-refractivity contribution in [2.75, 3.05) is 13.2 Å². The zero-order valence-electron chi connectivity index (χ0n) is 13.7. The van der Waals surface area contributed by atoms with Crippen LogP contribution in [0, 0.1) is 5.92 Å². The van der Waals surface area contributed by atoms with Gasteiger partial charge in [0.25, 0.3) is 0 Å². The zero-order chi connectivity index (χ0) is 16.8. The topological polar surface area (TPSA) is 49.8 Å². The molecule has 1 N–H and O–H groups in total. The van der Waals surface area contributed by atoms with Crippen molar-refractivity contribution < 1.29 is 14.6 Å². The van der Waals surface area contributed by atoms with Gasteiger partial charge >= 0.3 is 6.09 Å². The smallest absolute Gasteiger partial charge is 0.410 e. The van der Waals surface area contributed by atoms with Crippen LogP contribution in [0.5, 0.6) is 0 Å². The Morgan fingerprint density at radius 2 is 1.75 bits per heavy atom. The molecule has 1 fully saturated rings. The molecule has 2 atom stereocenters. The van der Waals surface area contributed by atoms with Gasteiger partial charge in [-0.15, -0.1) is 0 Å². The molecule has 2 aromatic rings. The summed E-state index contributed by atoms with van der Waals surface area (Å²) in [7, 11) is 0. The van der Waals surface area contributed by atoms with Crippen molar-refractivity contribution >= 4 is 6.09 Å². The summed E-state index contributed by atoms with van der Waals surface area (Å²) in [6.07, 6.45) is 1.28. The lowest BCUT2D eigenvalue weighted by molar-refractivity contribution is 0.0464. The third-order valence-electron chi connectivity index (χ3n) is 4.59. The lowest BCUT2D eigenvalue weighted by atomic mass is 9.88. The molecule has 1 saturated heterocycles. The molecule has 0 saturated carbocycles. The lowest BCUT2D eigenvalue weighted by Crippen LogP contribution is -2.42. The third-order valence-corrected chi connectivity index (χ3v) is 4.59. The molecule has 1 amide bonds. The fraction of sp³-hybridized carbons (Fsp3) is 0.350. The maximum atomic E-state index is 12.6. The maximum Gasteiger partial charge on any atom is 0.410 e. The number of carbonyl (C=O) groups excluding carboxylic acids is 1. The van der Waals surface area contributed by atoms with Crippen LogP contribution in [0.2, 0.25) is 0 Å². The number of amides is 1. The van der Waals surface area contributed by atoms with E-state index in [1.165, 1.54) is 0 Å². The molecule has 0 bridgehead atoms. The van der Waals surface area contributed by atoms with E-state index < -0.39 is 0 Å². The molecular formula is C20H23NO3. The van der Waals surface area contributed by atoms with Gasteiger partial charge in [0.1, 0.15) is 6.61 Å². The van der Waals surface area contributed by atoms with E-state index in [1.807, 2.05) is 60.7 Å². The Morgan fingerprint density at radius 3 is 2.42 bits per heavy atom. The molecule has 0 radical (unpaired) electrons. The van der Waals surface area contributed by atoms with Gasteiger partial charge in [0.15, 0.2) is 0 Å². The van der Waals surface area contributed by atoms with Gasteiger partial charge in [-0.25, -0.2) is 4.79 Å². The van der Waals surface area contributed by atoms with E-state index in [-0.39, 0.29) is 31.3 Å². The van der Waals surface area contributed by atoms with E-state index in [1.54, 1.807) is 4.90 Å². The third kappa shape index (κ3) is 3.95. The lowest BCUT2D eigenvalue weighted by Gasteiger charge is -2.38. The largest absolute Gasteiger partial charge is 0.445 e. The van der Waals surface area contributed by atoms with Crippen molar-refractivity contribution in [2.24, 2.45) is 5.92 Å². The van der Waals surface area contributed by atoms with E-state index in [9.17, 15) is 9.90 Å². The number of piperidine rings is 1. The predicted octanol–water partition coefficient (Wildman–Crippen LogP) is 3.77. The number of likely N-dealkylation sites (tertiary alicyclic amines) is 1. The van der Waals surface area contributed by atoms with E-state index in [2.05, 4.69) is 0 Å². The minimum Gasteiger partial charge on any atom is -0.445 e. The van der Waals surface area contributed by atoms with Gasteiger partial charge in [0.2, 0.25) is 0 Å². The minimum absolute atomic E-state index is 0.0413. The molecule has 2 aromatic carbocycles. The van der Waals surface area contributed by atoms with Crippen molar-refractivity contribution in [1.82, 2.24) is 4.90 Å². The highest BCUT2D eigenvalue weighted by Gasteiger charge is 2.33. The van der Waals surface area contributed by atoms with Crippen LogP contribution in [-0.4, -0.2) is 29.3 Å². The summed E-state index contributed by atoms with van der Waals surface area (Å²) in [5.74, 6) is 0.230. The first-order chi connectivity index (χ1) is 11.8. The number of hydrogen-bond acceptors (Lipinski definition) is 3. The molecule has 1 aliphatic heterocycles. The Hall–Kier alpha value is -2.33. The summed E-state index contributed by atoms with van der Waals surface area (Å²) in [5, 5.41) is 9.50. The van der Waals surface area contributed by atoms with Gasteiger partial charge in [0.05, 0.1) is 6.04 Å². The van der Waals surface area contributed by atoms with E-state index in [0.717, 1.165) is 24.0 Å². The number of aliphatic hydroxyl groups excluding tert-OH is 1. The normalized spacial score (nSPS) is 20.6. The second kappa shape index (κ2) is 7.97. The second-order valence-electron chi connectivity index (χ2n) is 6.23. The summed E-state index contributed by atoms with van der Waals surface area (Å²) >= 11 is 0. The molecule has 24 heavy (non-hydrogen) atoms.